The Morgan fingerprint density at radius 2 is 1.89 bits per heavy atom. The van der Waals surface area contributed by atoms with Crippen molar-refractivity contribution in [2.75, 3.05) is 13.7 Å². The second kappa shape index (κ2) is 9.41. The number of hydrogen-bond donors (Lipinski definition) is 0. The molecule has 1 aliphatic heterocycles. The first kappa shape index (κ1) is 22.2. The van der Waals surface area contributed by atoms with Gasteiger partial charge in [0.15, 0.2) is 0 Å². The van der Waals surface area contributed by atoms with Gasteiger partial charge in [0, 0.05) is 13.5 Å². The van der Waals surface area contributed by atoms with Crippen LogP contribution >= 0.6 is 0 Å². The summed E-state index contributed by atoms with van der Waals surface area (Å²) in [5.41, 5.74) is 0.442. The van der Waals surface area contributed by atoms with Crippen molar-refractivity contribution in [1.29, 1.82) is 0 Å². The summed E-state index contributed by atoms with van der Waals surface area (Å²) in [5, 5.41) is 0. The number of likely N-dealkylation sites (N-methyl/N-ethyl adjacent to an activating group) is 1. The van der Waals surface area contributed by atoms with E-state index in [4.69, 9.17) is 14.2 Å². The zero-order valence-corrected chi connectivity index (χ0v) is 17.8. The van der Waals surface area contributed by atoms with E-state index in [9.17, 15) is 9.59 Å². The fourth-order valence-electron chi connectivity index (χ4n) is 3.22. The highest BCUT2D eigenvalue weighted by molar-refractivity contribution is 5.75. The van der Waals surface area contributed by atoms with Gasteiger partial charge in [0.05, 0.1) is 25.2 Å². The molecule has 0 aromatic heterocycles. The van der Waals surface area contributed by atoms with Gasteiger partial charge in [0.2, 0.25) is 0 Å². The maximum absolute atomic E-state index is 12.6. The second-order valence-corrected chi connectivity index (χ2v) is 8.72. The minimum Gasteiger partial charge on any atom is -0.460 e. The molecule has 0 N–H and O–H groups in total. The van der Waals surface area contributed by atoms with E-state index >= 15 is 0 Å². The number of cyclic esters (lactones) is 1. The lowest BCUT2D eigenvalue weighted by molar-refractivity contribution is -0.148. The van der Waals surface area contributed by atoms with Crippen molar-refractivity contribution in [3.63, 3.8) is 0 Å². The van der Waals surface area contributed by atoms with E-state index in [1.54, 1.807) is 7.05 Å². The summed E-state index contributed by atoms with van der Waals surface area (Å²) in [6, 6.07) is 9.41. The minimum atomic E-state index is -0.604. The van der Waals surface area contributed by atoms with Gasteiger partial charge in [-0.1, -0.05) is 44.2 Å². The molecule has 0 spiro atoms. The van der Waals surface area contributed by atoms with Crippen LogP contribution in [0.5, 0.6) is 0 Å². The number of hydrogen-bond acceptors (Lipinski definition) is 5. The number of carbonyl (C=O) groups excluding carboxylic acids is 2. The fourth-order valence-corrected chi connectivity index (χ4v) is 3.22. The summed E-state index contributed by atoms with van der Waals surface area (Å²) < 4.78 is 17.0. The Kier molecular flexibility index (Phi) is 7.47. The topological polar surface area (TPSA) is 65.1 Å². The zero-order chi connectivity index (χ0) is 20.9. The van der Waals surface area contributed by atoms with Crippen LogP contribution in [-0.4, -0.2) is 48.4 Å². The third kappa shape index (κ3) is 6.23. The van der Waals surface area contributed by atoms with E-state index in [1.807, 2.05) is 65.0 Å². The summed E-state index contributed by atoms with van der Waals surface area (Å²) >= 11 is 0. The number of amides is 1. The van der Waals surface area contributed by atoms with Crippen molar-refractivity contribution >= 4 is 12.1 Å². The lowest BCUT2D eigenvalue weighted by atomic mass is 9.91. The average Bonchev–Trinajstić information content (AvgIpc) is 2.99. The largest absolute Gasteiger partial charge is 0.460 e. The Morgan fingerprint density at radius 3 is 2.43 bits per heavy atom. The standard InChI is InChI=1S/C22H33NO5/c1-15(2)17-12-19(27-20(17)24)18(23(6)21(25)28-22(3,4)5)14-26-13-16-10-8-7-9-11-16/h7-11,15,17-19H,12-14H2,1-6H3. The van der Waals surface area contributed by atoms with Crippen LogP contribution in [0.1, 0.15) is 46.6 Å². The van der Waals surface area contributed by atoms with Gasteiger partial charge in [0.25, 0.3) is 0 Å². The third-order valence-electron chi connectivity index (χ3n) is 4.87. The van der Waals surface area contributed by atoms with Gasteiger partial charge in [-0.05, 0) is 32.3 Å². The molecular formula is C22H33NO5. The zero-order valence-electron chi connectivity index (χ0n) is 17.8. The van der Waals surface area contributed by atoms with E-state index in [0.717, 1.165) is 5.56 Å². The highest BCUT2D eigenvalue weighted by Gasteiger charge is 2.43. The van der Waals surface area contributed by atoms with Crippen LogP contribution in [0.2, 0.25) is 0 Å². The third-order valence-corrected chi connectivity index (χ3v) is 4.87. The quantitative estimate of drug-likeness (QED) is 0.657. The van der Waals surface area contributed by atoms with Crippen molar-refractivity contribution < 1.29 is 23.8 Å². The molecule has 1 aromatic carbocycles. The maximum atomic E-state index is 12.6. The van der Waals surface area contributed by atoms with Crippen molar-refractivity contribution in [2.24, 2.45) is 11.8 Å². The van der Waals surface area contributed by atoms with Crippen molar-refractivity contribution in [3.8, 4) is 0 Å². The van der Waals surface area contributed by atoms with Crippen LogP contribution in [0.4, 0.5) is 4.79 Å². The van der Waals surface area contributed by atoms with E-state index in [-0.39, 0.29) is 24.4 Å². The molecule has 6 heteroatoms. The van der Waals surface area contributed by atoms with Crippen LogP contribution in [0.15, 0.2) is 30.3 Å². The van der Waals surface area contributed by atoms with Crippen LogP contribution in [0, 0.1) is 11.8 Å². The molecule has 1 aliphatic rings. The summed E-state index contributed by atoms with van der Waals surface area (Å²) in [6.45, 7) is 10.2. The Hall–Kier alpha value is -2.08. The number of esters is 1. The monoisotopic (exact) mass is 391 g/mol. The Balaban J connectivity index is 2.08. The Labute approximate surface area is 168 Å². The smallest absolute Gasteiger partial charge is 0.410 e. The molecule has 1 fully saturated rings. The molecule has 3 atom stereocenters. The molecule has 0 bridgehead atoms. The van der Waals surface area contributed by atoms with Gasteiger partial charge >= 0.3 is 12.1 Å². The number of rotatable bonds is 7. The molecule has 0 radical (unpaired) electrons. The van der Waals surface area contributed by atoms with Crippen LogP contribution in [0.3, 0.4) is 0 Å². The molecule has 0 saturated carbocycles. The summed E-state index contributed by atoms with van der Waals surface area (Å²) in [5.74, 6) is -0.172. The first-order chi connectivity index (χ1) is 13.1. The Morgan fingerprint density at radius 1 is 1.25 bits per heavy atom. The van der Waals surface area contributed by atoms with Crippen molar-refractivity contribution in [1.82, 2.24) is 4.90 Å². The van der Waals surface area contributed by atoms with E-state index in [1.165, 1.54) is 4.90 Å². The van der Waals surface area contributed by atoms with Crippen molar-refractivity contribution in [2.45, 2.75) is 65.4 Å². The normalized spacial score (nSPS) is 20.8. The number of nitrogens with zero attached hydrogens (tertiary/aromatic N) is 1. The minimum absolute atomic E-state index is 0.159. The molecule has 3 unspecified atom stereocenters. The Bertz CT molecular complexity index is 653. The van der Waals surface area contributed by atoms with E-state index in [2.05, 4.69) is 0 Å². The molecule has 1 saturated heterocycles. The molecule has 1 amide bonds. The molecule has 156 valence electrons. The first-order valence-electron chi connectivity index (χ1n) is 9.86. The van der Waals surface area contributed by atoms with Crippen molar-refractivity contribution in [3.05, 3.63) is 35.9 Å². The van der Waals surface area contributed by atoms with E-state index in [0.29, 0.717) is 13.0 Å². The van der Waals surface area contributed by atoms with Crippen LogP contribution in [0.25, 0.3) is 0 Å². The van der Waals surface area contributed by atoms with E-state index < -0.39 is 23.8 Å². The number of carbonyl (C=O) groups is 2. The lowest BCUT2D eigenvalue weighted by Crippen LogP contribution is -2.49. The molecule has 28 heavy (non-hydrogen) atoms. The molecule has 1 aromatic rings. The van der Waals surface area contributed by atoms with Crippen LogP contribution < -0.4 is 0 Å². The summed E-state index contributed by atoms with van der Waals surface area (Å²) in [7, 11) is 1.67. The predicted molar refractivity (Wildman–Crippen MR) is 107 cm³/mol. The van der Waals surface area contributed by atoms with Gasteiger partial charge in [-0.25, -0.2) is 4.79 Å². The van der Waals surface area contributed by atoms with Gasteiger partial charge < -0.3 is 19.1 Å². The lowest BCUT2D eigenvalue weighted by Gasteiger charge is -2.33. The SMILES string of the molecule is CC(C)C1CC(C(COCc2ccccc2)N(C)C(=O)OC(C)(C)C)OC1=O. The summed E-state index contributed by atoms with van der Waals surface area (Å²) in [6.07, 6.45) is -0.290. The van der Waals surface area contributed by atoms with Crippen LogP contribution in [-0.2, 0) is 25.6 Å². The first-order valence-corrected chi connectivity index (χ1v) is 9.86. The number of ether oxygens (including phenoxy) is 3. The molecule has 1 heterocycles. The second-order valence-electron chi connectivity index (χ2n) is 8.72. The molecule has 2 rings (SSSR count). The summed E-state index contributed by atoms with van der Waals surface area (Å²) in [4.78, 5) is 26.3. The predicted octanol–water partition coefficient (Wildman–Crippen LogP) is 4.03. The van der Waals surface area contributed by atoms with Gasteiger partial charge in [-0.2, -0.15) is 0 Å². The molecule has 0 aliphatic carbocycles. The van der Waals surface area contributed by atoms with Gasteiger partial charge in [-0.15, -0.1) is 0 Å². The van der Waals surface area contributed by atoms with Gasteiger partial charge in [0.1, 0.15) is 11.7 Å². The fraction of sp³-hybridized carbons (Fsp3) is 0.636. The van der Waals surface area contributed by atoms with Gasteiger partial charge in [-0.3, -0.25) is 4.79 Å². The highest BCUT2D eigenvalue weighted by Crippen LogP contribution is 2.31. The average molecular weight is 392 g/mol. The highest BCUT2D eigenvalue weighted by atomic mass is 16.6. The molecule has 6 nitrogen and oxygen atoms in total. The maximum Gasteiger partial charge on any atom is 0.410 e. The molecular weight excluding hydrogens is 358 g/mol. The number of benzene rings is 1.